The SMILES string of the molecule is CC(C)Cn1nccc1C1(C(=O)O)CC(=O)C1. The normalized spacial score (nSPS) is 18.2. The van der Waals surface area contributed by atoms with Crippen LogP contribution in [0.15, 0.2) is 12.3 Å². The van der Waals surface area contributed by atoms with Crippen molar-refractivity contribution in [3.8, 4) is 0 Å². The number of hydrogen-bond acceptors (Lipinski definition) is 3. The molecule has 92 valence electrons. The lowest BCUT2D eigenvalue weighted by atomic mass is 9.65. The summed E-state index contributed by atoms with van der Waals surface area (Å²) in [7, 11) is 0. The number of nitrogens with zero attached hydrogens (tertiary/aromatic N) is 2. The van der Waals surface area contributed by atoms with Gasteiger partial charge in [-0.3, -0.25) is 14.3 Å². The van der Waals surface area contributed by atoms with Crippen LogP contribution in [0.2, 0.25) is 0 Å². The first-order chi connectivity index (χ1) is 7.95. The third-order valence-electron chi connectivity index (χ3n) is 3.15. The van der Waals surface area contributed by atoms with Crippen LogP contribution in [0.3, 0.4) is 0 Å². The molecule has 5 nitrogen and oxygen atoms in total. The molecule has 1 aliphatic rings. The first-order valence-electron chi connectivity index (χ1n) is 5.73. The maximum absolute atomic E-state index is 11.4. The second-order valence-electron chi connectivity index (χ2n) is 5.07. The van der Waals surface area contributed by atoms with Crippen LogP contribution >= 0.6 is 0 Å². The number of ketones is 1. The molecule has 1 saturated carbocycles. The van der Waals surface area contributed by atoms with E-state index in [0.717, 1.165) is 0 Å². The summed E-state index contributed by atoms with van der Waals surface area (Å²) < 4.78 is 1.71. The Morgan fingerprint density at radius 2 is 2.24 bits per heavy atom. The minimum atomic E-state index is -1.04. The van der Waals surface area contributed by atoms with E-state index >= 15 is 0 Å². The second kappa shape index (κ2) is 3.98. The fourth-order valence-corrected chi connectivity index (χ4v) is 2.29. The molecule has 0 atom stereocenters. The average molecular weight is 236 g/mol. The first-order valence-corrected chi connectivity index (χ1v) is 5.73. The summed E-state index contributed by atoms with van der Waals surface area (Å²) in [5.74, 6) is -0.539. The summed E-state index contributed by atoms with van der Waals surface area (Å²) >= 11 is 0. The van der Waals surface area contributed by atoms with Crippen molar-refractivity contribution >= 4 is 11.8 Å². The molecule has 2 rings (SSSR count). The number of carboxylic acid groups (broad SMARTS) is 1. The highest BCUT2D eigenvalue weighted by atomic mass is 16.4. The predicted molar refractivity (Wildman–Crippen MR) is 60.6 cm³/mol. The molecule has 1 fully saturated rings. The lowest BCUT2D eigenvalue weighted by molar-refractivity contribution is -0.153. The standard InChI is InChI=1S/C12H16N2O3/c1-8(2)7-14-10(3-4-13-14)12(11(16)17)5-9(15)6-12/h3-4,8H,5-7H2,1-2H3,(H,16,17). The number of aliphatic carboxylic acids is 1. The Kier molecular flexibility index (Phi) is 2.77. The molecule has 0 radical (unpaired) electrons. The van der Waals surface area contributed by atoms with Crippen LogP contribution in [0.5, 0.6) is 0 Å². The van der Waals surface area contributed by atoms with Crippen LogP contribution in [-0.2, 0) is 21.5 Å². The van der Waals surface area contributed by atoms with E-state index in [1.807, 2.05) is 13.8 Å². The Bertz CT molecular complexity index is 454. The van der Waals surface area contributed by atoms with E-state index in [1.165, 1.54) is 0 Å². The van der Waals surface area contributed by atoms with Crippen LogP contribution < -0.4 is 0 Å². The van der Waals surface area contributed by atoms with Gasteiger partial charge in [0.25, 0.3) is 0 Å². The number of rotatable bonds is 4. The number of carboxylic acids is 1. The lowest BCUT2D eigenvalue weighted by Crippen LogP contribution is -2.49. The van der Waals surface area contributed by atoms with E-state index in [0.29, 0.717) is 18.2 Å². The van der Waals surface area contributed by atoms with Crippen molar-refractivity contribution < 1.29 is 14.7 Å². The molecule has 17 heavy (non-hydrogen) atoms. The number of Topliss-reactive ketones (excluding diaryl/α,β-unsaturated/α-hetero) is 1. The van der Waals surface area contributed by atoms with Crippen molar-refractivity contribution in [2.24, 2.45) is 5.92 Å². The van der Waals surface area contributed by atoms with Gasteiger partial charge in [-0.2, -0.15) is 5.10 Å². The molecule has 0 saturated heterocycles. The molecule has 0 bridgehead atoms. The second-order valence-corrected chi connectivity index (χ2v) is 5.07. The Balaban J connectivity index is 2.35. The van der Waals surface area contributed by atoms with Gasteiger partial charge in [0.05, 0.1) is 5.69 Å². The van der Waals surface area contributed by atoms with Gasteiger partial charge in [-0.1, -0.05) is 13.8 Å². The summed E-state index contributed by atoms with van der Waals surface area (Å²) in [5.41, 5.74) is -0.388. The molecule has 1 aromatic rings. The van der Waals surface area contributed by atoms with E-state index in [4.69, 9.17) is 0 Å². The van der Waals surface area contributed by atoms with Crippen LogP contribution in [0.4, 0.5) is 0 Å². The van der Waals surface area contributed by atoms with Crippen molar-refractivity contribution in [1.29, 1.82) is 0 Å². The molecule has 0 amide bonds. The van der Waals surface area contributed by atoms with Gasteiger partial charge in [0.2, 0.25) is 0 Å². The Morgan fingerprint density at radius 3 is 2.71 bits per heavy atom. The molecule has 0 aromatic carbocycles. The van der Waals surface area contributed by atoms with Gasteiger partial charge in [-0.05, 0) is 12.0 Å². The van der Waals surface area contributed by atoms with Gasteiger partial charge in [0, 0.05) is 25.6 Å². The summed E-state index contributed by atoms with van der Waals surface area (Å²) in [6.07, 6.45) is 1.78. The van der Waals surface area contributed by atoms with Gasteiger partial charge < -0.3 is 5.11 Å². The maximum Gasteiger partial charge on any atom is 0.316 e. The third-order valence-corrected chi connectivity index (χ3v) is 3.15. The Morgan fingerprint density at radius 1 is 1.59 bits per heavy atom. The number of carbonyl (C=O) groups excluding carboxylic acids is 1. The predicted octanol–water partition coefficient (Wildman–Crippen LogP) is 1.22. The van der Waals surface area contributed by atoms with Gasteiger partial charge in [0.15, 0.2) is 0 Å². The molecule has 1 N–H and O–H groups in total. The highest BCUT2D eigenvalue weighted by molar-refractivity contribution is 6.01. The third kappa shape index (κ3) is 1.85. The zero-order valence-corrected chi connectivity index (χ0v) is 10.0. The van der Waals surface area contributed by atoms with Gasteiger partial charge in [-0.25, -0.2) is 0 Å². The van der Waals surface area contributed by atoms with E-state index in [2.05, 4.69) is 5.10 Å². The number of carbonyl (C=O) groups is 2. The van der Waals surface area contributed by atoms with Gasteiger partial charge in [0.1, 0.15) is 11.2 Å². The first kappa shape index (κ1) is 11.8. The summed E-state index contributed by atoms with van der Waals surface area (Å²) in [5, 5.41) is 13.5. The average Bonchev–Trinajstić information content (AvgIpc) is 2.59. The maximum atomic E-state index is 11.4. The topological polar surface area (TPSA) is 72.2 Å². The van der Waals surface area contributed by atoms with E-state index in [-0.39, 0.29) is 18.6 Å². The molecular weight excluding hydrogens is 220 g/mol. The fraction of sp³-hybridized carbons (Fsp3) is 0.583. The number of aromatic nitrogens is 2. The smallest absolute Gasteiger partial charge is 0.316 e. The molecule has 0 aliphatic heterocycles. The fourth-order valence-electron chi connectivity index (χ4n) is 2.29. The zero-order valence-electron chi connectivity index (χ0n) is 10.0. The minimum absolute atomic E-state index is 0.00435. The highest BCUT2D eigenvalue weighted by Crippen LogP contribution is 2.41. The molecule has 1 aliphatic carbocycles. The van der Waals surface area contributed by atoms with Crippen molar-refractivity contribution in [1.82, 2.24) is 9.78 Å². The van der Waals surface area contributed by atoms with Crippen molar-refractivity contribution in [2.45, 2.75) is 38.6 Å². The van der Waals surface area contributed by atoms with Crippen LogP contribution in [0.1, 0.15) is 32.4 Å². The van der Waals surface area contributed by atoms with Crippen LogP contribution in [-0.4, -0.2) is 26.6 Å². The lowest BCUT2D eigenvalue weighted by Gasteiger charge is -2.36. The Hall–Kier alpha value is -1.65. The van der Waals surface area contributed by atoms with Gasteiger partial charge >= 0.3 is 5.97 Å². The van der Waals surface area contributed by atoms with E-state index in [9.17, 15) is 14.7 Å². The van der Waals surface area contributed by atoms with Crippen LogP contribution in [0.25, 0.3) is 0 Å². The van der Waals surface area contributed by atoms with Gasteiger partial charge in [-0.15, -0.1) is 0 Å². The van der Waals surface area contributed by atoms with E-state index in [1.54, 1.807) is 16.9 Å². The monoisotopic (exact) mass is 236 g/mol. The molecule has 0 unspecified atom stereocenters. The minimum Gasteiger partial charge on any atom is -0.481 e. The molecule has 5 heteroatoms. The van der Waals surface area contributed by atoms with Crippen molar-refractivity contribution in [3.05, 3.63) is 18.0 Å². The molecule has 1 heterocycles. The number of hydrogen-bond donors (Lipinski definition) is 1. The van der Waals surface area contributed by atoms with Crippen molar-refractivity contribution in [3.63, 3.8) is 0 Å². The summed E-state index contributed by atoms with van der Waals surface area (Å²) in [6.45, 7) is 4.77. The quantitative estimate of drug-likeness (QED) is 0.853. The molecular formula is C12H16N2O3. The molecule has 1 aromatic heterocycles. The van der Waals surface area contributed by atoms with E-state index < -0.39 is 11.4 Å². The largest absolute Gasteiger partial charge is 0.481 e. The Labute approximate surface area is 99.4 Å². The summed E-state index contributed by atoms with van der Waals surface area (Å²) in [4.78, 5) is 22.5. The highest BCUT2D eigenvalue weighted by Gasteiger charge is 2.53. The zero-order chi connectivity index (χ0) is 12.6. The van der Waals surface area contributed by atoms with Crippen LogP contribution in [0, 0.1) is 5.92 Å². The summed E-state index contributed by atoms with van der Waals surface area (Å²) in [6, 6.07) is 1.71. The molecule has 0 spiro atoms. The van der Waals surface area contributed by atoms with Crippen molar-refractivity contribution in [2.75, 3.05) is 0 Å².